The molecule has 1 heterocycles. The van der Waals surface area contributed by atoms with Gasteiger partial charge in [-0.1, -0.05) is 6.07 Å². The zero-order valence-corrected chi connectivity index (χ0v) is 11.5. The van der Waals surface area contributed by atoms with Crippen LogP contribution >= 0.6 is 0 Å². The van der Waals surface area contributed by atoms with Gasteiger partial charge in [0.15, 0.2) is 5.82 Å². The Hall–Kier alpha value is -2.57. The highest BCUT2D eigenvalue weighted by molar-refractivity contribution is 6.01. The van der Waals surface area contributed by atoms with Gasteiger partial charge in [-0.25, -0.2) is 4.98 Å². The molecule has 0 fully saturated rings. The average molecular weight is 275 g/mol. The second-order valence-electron chi connectivity index (χ2n) is 4.17. The van der Waals surface area contributed by atoms with Crippen LogP contribution in [-0.4, -0.2) is 27.3 Å². The highest BCUT2D eigenvalue weighted by Crippen LogP contribution is 2.24. The van der Waals surface area contributed by atoms with E-state index in [1.807, 2.05) is 6.92 Å². The van der Waals surface area contributed by atoms with Crippen molar-refractivity contribution < 1.29 is 9.53 Å². The topological polar surface area (TPSA) is 95.1 Å². The Balaban J connectivity index is 2.12. The molecule has 0 bridgehead atoms. The van der Waals surface area contributed by atoms with Crippen LogP contribution in [0.15, 0.2) is 24.5 Å². The molecule has 0 aliphatic carbocycles. The molecular weight excluding hydrogens is 258 g/mol. The lowest BCUT2D eigenvalue weighted by molar-refractivity contribution is 0.0947. The molecule has 1 amide bonds. The number of anilines is 1. The summed E-state index contributed by atoms with van der Waals surface area (Å²) in [5.74, 6) is 0.700. The summed E-state index contributed by atoms with van der Waals surface area (Å²) in [5.41, 5.74) is 6.56. The zero-order chi connectivity index (χ0) is 14.5. The van der Waals surface area contributed by atoms with Crippen molar-refractivity contribution in [3.8, 4) is 5.75 Å². The molecule has 0 spiro atoms. The molecule has 3 N–H and O–H groups in total. The predicted octanol–water partition coefficient (Wildman–Crippen LogP) is 0.726. The molecule has 1 aromatic carbocycles. The SMILES string of the molecule is CCOc1cccc(N)c1C(=O)NCc1ncn(C)n1. The molecule has 106 valence electrons. The van der Waals surface area contributed by atoms with E-state index >= 15 is 0 Å². The number of nitrogens with two attached hydrogens (primary N) is 1. The fourth-order valence-electron chi connectivity index (χ4n) is 1.78. The first-order chi connectivity index (χ1) is 9.61. The van der Waals surface area contributed by atoms with Crippen LogP contribution in [0.2, 0.25) is 0 Å². The largest absolute Gasteiger partial charge is 0.493 e. The monoisotopic (exact) mass is 275 g/mol. The molecule has 7 nitrogen and oxygen atoms in total. The number of hydrogen-bond acceptors (Lipinski definition) is 5. The number of nitrogen functional groups attached to an aromatic ring is 1. The summed E-state index contributed by atoms with van der Waals surface area (Å²) < 4.78 is 6.99. The fourth-order valence-corrected chi connectivity index (χ4v) is 1.78. The molecule has 0 saturated carbocycles. The Morgan fingerprint density at radius 3 is 2.95 bits per heavy atom. The maximum atomic E-state index is 12.2. The summed E-state index contributed by atoms with van der Waals surface area (Å²) in [6.07, 6.45) is 1.57. The van der Waals surface area contributed by atoms with Crippen LogP contribution < -0.4 is 15.8 Å². The second-order valence-corrected chi connectivity index (χ2v) is 4.17. The molecule has 2 rings (SSSR count). The van der Waals surface area contributed by atoms with Crippen LogP contribution in [-0.2, 0) is 13.6 Å². The fraction of sp³-hybridized carbons (Fsp3) is 0.308. The Bertz CT molecular complexity index is 609. The number of benzene rings is 1. The minimum absolute atomic E-state index is 0.236. The van der Waals surface area contributed by atoms with E-state index in [-0.39, 0.29) is 12.5 Å². The van der Waals surface area contributed by atoms with Gasteiger partial charge in [-0.2, -0.15) is 5.10 Å². The summed E-state index contributed by atoms with van der Waals surface area (Å²) in [4.78, 5) is 16.2. The van der Waals surface area contributed by atoms with Crippen molar-refractivity contribution in [2.45, 2.75) is 13.5 Å². The number of aryl methyl sites for hydroxylation is 1. The van der Waals surface area contributed by atoms with Gasteiger partial charge in [-0.05, 0) is 19.1 Å². The van der Waals surface area contributed by atoms with E-state index in [1.165, 1.54) is 0 Å². The van der Waals surface area contributed by atoms with E-state index < -0.39 is 0 Å². The maximum absolute atomic E-state index is 12.2. The summed E-state index contributed by atoms with van der Waals surface area (Å²) in [6, 6.07) is 5.13. The van der Waals surface area contributed by atoms with Gasteiger partial charge in [0, 0.05) is 12.7 Å². The summed E-state index contributed by atoms with van der Waals surface area (Å²) in [6.45, 7) is 2.55. The molecule has 20 heavy (non-hydrogen) atoms. The first-order valence-corrected chi connectivity index (χ1v) is 6.25. The van der Waals surface area contributed by atoms with Gasteiger partial charge in [0.05, 0.1) is 13.2 Å². The van der Waals surface area contributed by atoms with Crippen molar-refractivity contribution in [2.24, 2.45) is 7.05 Å². The molecule has 0 atom stereocenters. The molecule has 1 aromatic heterocycles. The lowest BCUT2D eigenvalue weighted by Crippen LogP contribution is -2.25. The number of aromatic nitrogens is 3. The Kier molecular flexibility index (Phi) is 4.19. The molecule has 0 aliphatic rings. The van der Waals surface area contributed by atoms with Crippen LogP contribution in [0.1, 0.15) is 23.1 Å². The second kappa shape index (κ2) is 6.05. The standard InChI is InChI=1S/C13H17N5O2/c1-3-20-10-6-4-5-9(14)12(10)13(19)15-7-11-16-8-18(2)17-11/h4-6,8H,3,7,14H2,1-2H3,(H,15,19). The molecular formula is C13H17N5O2. The van der Waals surface area contributed by atoms with Gasteiger partial charge in [0.25, 0.3) is 5.91 Å². The van der Waals surface area contributed by atoms with E-state index in [4.69, 9.17) is 10.5 Å². The molecule has 0 radical (unpaired) electrons. The highest BCUT2D eigenvalue weighted by Gasteiger charge is 2.16. The number of hydrogen-bond donors (Lipinski definition) is 2. The maximum Gasteiger partial charge on any atom is 0.257 e. The Morgan fingerprint density at radius 2 is 2.30 bits per heavy atom. The van der Waals surface area contributed by atoms with Gasteiger partial charge >= 0.3 is 0 Å². The van der Waals surface area contributed by atoms with E-state index in [2.05, 4.69) is 15.4 Å². The first-order valence-electron chi connectivity index (χ1n) is 6.25. The Morgan fingerprint density at radius 1 is 1.50 bits per heavy atom. The number of nitrogens with zero attached hydrogens (tertiary/aromatic N) is 3. The predicted molar refractivity (Wildman–Crippen MR) is 74.2 cm³/mol. The number of ether oxygens (including phenoxy) is 1. The third kappa shape index (κ3) is 3.05. The van der Waals surface area contributed by atoms with Gasteiger partial charge in [0.1, 0.15) is 17.6 Å². The highest BCUT2D eigenvalue weighted by atomic mass is 16.5. The number of nitrogens with one attached hydrogen (secondary N) is 1. The number of amides is 1. The van der Waals surface area contributed by atoms with Crippen LogP contribution in [0.3, 0.4) is 0 Å². The normalized spacial score (nSPS) is 10.3. The van der Waals surface area contributed by atoms with Crippen molar-refractivity contribution in [1.82, 2.24) is 20.1 Å². The minimum Gasteiger partial charge on any atom is -0.493 e. The van der Waals surface area contributed by atoms with E-state index in [0.717, 1.165) is 0 Å². The van der Waals surface area contributed by atoms with E-state index in [1.54, 1.807) is 36.3 Å². The third-order valence-corrected chi connectivity index (χ3v) is 2.64. The van der Waals surface area contributed by atoms with Gasteiger partial charge in [-0.15, -0.1) is 0 Å². The van der Waals surface area contributed by atoms with Crippen molar-refractivity contribution in [2.75, 3.05) is 12.3 Å². The quantitative estimate of drug-likeness (QED) is 0.784. The smallest absolute Gasteiger partial charge is 0.257 e. The third-order valence-electron chi connectivity index (χ3n) is 2.64. The lowest BCUT2D eigenvalue weighted by atomic mass is 10.1. The van der Waals surface area contributed by atoms with Crippen molar-refractivity contribution in [3.05, 3.63) is 35.9 Å². The number of rotatable bonds is 5. The summed E-state index contributed by atoms with van der Waals surface area (Å²) in [7, 11) is 1.76. The number of carbonyl (C=O) groups is 1. The van der Waals surface area contributed by atoms with Gasteiger partial charge in [-0.3, -0.25) is 9.48 Å². The molecule has 0 saturated heterocycles. The molecule has 0 aliphatic heterocycles. The van der Waals surface area contributed by atoms with E-state index in [0.29, 0.717) is 29.4 Å². The summed E-state index contributed by atoms with van der Waals surface area (Å²) in [5, 5.41) is 6.82. The van der Waals surface area contributed by atoms with Crippen LogP contribution in [0.25, 0.3) is 0 Å². The van der Waals surface area contributed by atoms with Crippen LogP contribution in [0.5, 0.6) is 5.75 Å². The van der Waals surface area contributed by atoms with Gasteiger partial charge < -0.3 is 15.8 Å². The van der Waals surface area contributed by atoms with E-state index in [9.17, 15) is 4.79 Å². The first kappa shape index (κ1) is 13.9. The molecule has 7 heteroatoms. The lowest BCUT2D eigenvalue weighted by Gasteiger charge is -2.12. The number of carbonyl (C=O) groups excluding carboxylic acids is 1. The minimum atomic E-state index is -0.306. The average Bonchev–Trinajstić information content (AvgIpc) is 2.82. The molecule has 2 aromatic rings. The van der Waals surface area contributed by atoms with Crippen LogP contribution in [0.4, 0.5) is 5.69 Å². The molecule has 0 unspecified atom stereocenters. The van der Waals surface area contributed by atoms with Crippen LogP contribution in [0, 0.1) is 0 Å². The zero-order valence-electron chi connectivity index (χ0n) is 11.5. The van der Waals surface area contributed by atoms with Crippen molar-refractivity contribution in [1.29, 1.82) is 0 Å². The van der Waals surface area contributed by atoms with Crippen molar-refractivity contribution in [3.63, 3.8) is 0 Å². The van der Waals surface area contributed by atoms with Crippen molar-refractivity contribution >= 4 is 11.6 Å². The summed E-state index contributed by atoms with van der Waals surface area (Å²) >= 11 is 0. The van der Waals surface area contributed by atoms with Gasteiger partial charge in [0.2, 0.25) is 0 Å². The Labute approximate surface area is 116 Å².